The third kappa shape index (κ3) is 2.69. The molecule has 2 aromatic carbocycles. The van der Waals surface area contributed by atoms with Crippen molar-refractivity contribution in [2.24, 2.45) is 5.73 Å². The summed E-state index contributed by atoms with van der Waals surface area (Å²) in [7, 11) is 1.49. The molecule has 0 amide bonds. The maximum Gasteiger partial charge on any atom is 0.142 e. The van der Waals surface area contributed by atoms with Gasteiger partial charge in [0.15, 0.2) is 0 Å². The lowest BCUT2D eigenvalue weighted by atomic mass is 9.98. The molecule has 0 saturated carbocycles. The average molecular weight is 284 g/mol. The number of rotatable bonds is 3. The lowest BCUT2D eigenvalue weighted by Crippen LogP contribution is -2.15. The number of hydrogen-bond acceptors (Lipinski definition) is 2. The van der Waals surface area contributed by atoms with Crippen LogP contribution in [-0.4, -0.2) is 7.11 Å². The molecule has 2 N–H and O–H groups in total. The molecule has 1 unspecified atom stereocenters. The Bertz CT molecular complexity index is 604. The molecule has 0 aromatic heterocycles. The highest BCUT2D eigenvalue weighted by atomic mass is 35.5. The summed E-state index contributed by atoms with van der Waals surface area (Å²) in [6, 6.07) is 8.03. The van der Waals surface area contributed by atoms with Crippen LogP contribution in [0.25, 0.3) is 0 Å². The molecule has 0 radical (unpaired) electrons. The smallest absolute Gasteiger partial charge is 0.142 e. The summed E-state index contributed by atoms with van der Waals surface area (Å²) in [5.74, 6) is -0.835. The lowest BCUT2D eigenvalue weighted by molar-refractivity contribution is 0.407. The summed E-state index contributed by atoms with van der Waals surface area (Å²) < 4.78 is 32.4. The SMILES string of the molecule is COc1ccccc1C(N)c1cc(F)c(Cl)cc1F. The number of hydrogen-bond donors (Lipinski definition) is 1. The Morgan fingerprint density at radius 1 is 1.11 bits per heavy atom. The molecule has 1 atom stereocenters. The van der Waals surface area contributed by atoms with Crippen molar-refractivity contribution >= 4 is 11.6 Å². The van der Waals surface area contributed by atoms with E-state index in [1.165, 1.54) is 7.11 Å². The Labute approximate surface area is 114 Å². The van der Waals surface area contributed by atoms with Crippen molar-refractivity contribution < 1.29 is 13.5 Å². The van der Waals surface area contributed by atoms with Crippen molar-refractivity contribution in [3.05, 3.63) is 64.2 Å². The first-order valence-corrected chi connectivity index (χ1v) is 5.95. The van der Waals surface area contributed by atoms with E-state index in [4.69, 9.17) is 22.1 Å². The molecule has 2 rings (SSSR count). The molecular formula is C14H12ClF2NO. The van der Waals surface area contributed by atoms with Crippen LogP contribution in [0.4, 0.5) is 8.78 Å². The van der Waals surface area contributed by atoms with Crippen molar-refractivity contribution in [3.8, 4) is 5.75 Å². The van der Waals surface area contributed by atoms with Crippen LogP contribution in [0.1, 0.15) is 17.2 Å². The second kappa shape index (κ2) is 5.55. The predicted molar refractivity (Wildman–Crippen MR) is 70.4 cm³/mol. The summed E-state index contributed by atoms with van der Waals surface area (Å²) in [4.78, 5) is 0. The van der Waals surface area contributed by atoms with Gasteiger partial charge in [-0.15, -0.1) is 0 Å². The van der Waals surface area contributed by atoms with Crippen LogP contribution >= 0.6 is 11.6 Å². The van der Waals surface area contributed by atoms with E-state index >= 15 is 0 Å². The maximum absolute atomic E-state index is 13.8. The molecule has 0 aliphatic heterocycles. The Balaban J connectivity index is 2.50. The van der Waals surface area contributed by atoms with Crippen molar-refractivity contribution in [1.29, 1.82) is 0 Å². The van der Waals surface area contributed by atoms with Gasteiger partial charge in [-0.05, 0) is 18.2 Å². The van der Waals surface area contributed by atoms with E-state index in [1.807, 2.05) is 0 Å². The van der Waals surface area contributed by atoms with Crippen LogP contribution in [0.2, 0.25) is 5.02 Å². The average Bonchev–Trinajstić information content (AvgIpc) is 2.42. The number of ether oxygens (including phenoxy) is 1. The normalized spacial score (nSPS) is 12.3. The minimum absolute atomic E-state index is 0.0337. The van der Waals surface area contributed by atoms with Crippen molar-refractivity contribution in [3.63, 3.8) is 0 Å². The molecule has 0 heterocycles. The monoisotopic (exact) mass is 283 g/mol. The van der Waals surface area contributed by atoms with Crippen LogP contribution in [0, 0.1) is 11.6 Å². The topological polar surface area (TPSA) is 35.2 Å². The van der Waals surface area contributed by atoms with E-state index < -0.39 is 17.7 Å². The van der Waals surface area contributed by atoms with Crippen molar-refractivity contribution in [2.75, 3.05) is 7.11 Å². The highest BCUT2D eigenvalue weighted by Crippen LogP contribution is 2.31. The molecule has 0 saturated heterocycles. The maximum atomic E-state index is 13.8. The van der Waals surface area contributed by atoms with Crippen LogP contribution in [0.5, 0.6) is 5.75 Å². The van der Waals surface area contributed by atoms with Gasteiger partial charge in [-0.25, -0.2) is 8.78 Å². The predicted octanol–water partition coefficient (Wildman–Crippen LogP) is 3.67. The molecule has 0 aliphatic carbocycles. The van der Waals surface area contributed by atoms with Gasteiger partial charge in [0.1, 0.15) is 17.4 Å². The highest BCUT2D eigenvalue weighted by molar-refractivity contribution is 6.30. The zero-order valence-corrected chi connectivity index (χ0v) is 10.9. The molecule has 100 valence electrons. The Hall–Kier alpha value is -1.65. The molecular weight excluding hydrogens is 272 g/mol. The van der Waals surface area contributed by atoms with Gasteiger partial charge in [-0.1, -0.05) is 29.8 Å². The fraction of sp³-hybridized carbons (Fsp3) is 0.143. The molecule has 2 nitrogen and oxygen atoms in total. The van der Waals surface area contributed by atoms with Gasteiger partial charge in [-0.2, -0.15) is 0 Å². The number of methoxy groups -OCH3 is 1. The number of para-hydroxylation sites is 1. The zero-order chi connectivity index (χ0) is 14.0. The third-order valence-corrected chi connectivity index (χ3v) is 3.14. The molecule has 0 bridgehead atoms. The summed E-state index contributed by atoms with van der Waals surface area (Å²) in [5.41, 5.74) is 6.59. The fourth-order valence-electron chi connectivity index (χ4n) is 1.87. The molecule has 19 heavy (non-hydrogen) atoms. The van der Waals surface area contributed by atoms with Gasteiger partial charge < -0.3 is 10.5 Å². The van der Waals surface area contributed by atoms with Gasteiger partial charge in [-0.3, -0.25) is 0 Å². The Morgan fingerprint density at radius 2 is 1.79 bits per heavy atom. The van der Waals surface area contributed by atoms with Crippen LogP contribution in [-0.2, 0) is 0 Å². The summed E-state index contributed by atoms with van der Waals surface area (Å²) >= 11 is 5.51. The van der Waals surface area contributed by atoms with Gasteiger partial charge in [0.2, 0.25) is 0 Å². The van der Waals surface area contributed by atoms with Gasteiger partial charge in [0.05, 0.1) is 18.2 Å². The quantitative estimate of drug-likeness (QED) is 0.872. The summed E-state index contributed by atoms with van der Waals surface area (Å²) in [6.45, 7) is 0. The van der Waals surface area contributed by atoms with Crippen molar-refractivity contribution in [1.82, 2.24) is 0 Å². The van der Waals surface area contributed by atoms with E-state index in [0.717, 1.165) is 12.1 Å². The third-order valence-electron chi connectivity index (χ3n) is 2.85. The second-order valence-electron chi connectivity index (χ2n) is 4.01. The second-order valence-corrected chi connectivity index (χ2v) is 4.41. The lowest BCUT2D eigenvalue weighted by Gasteiger charge is -2.17. The minimum atomic E-state index is -0.831. The van der Waals surface area contributed by atoms with E-state index in [9.17, 15) is 8.78 Å². The van der Waals surface area contributed by atoms with E-state index in [1.54, 1.807) is 24.3 Å². The van der Waals surface area contributed by atoms with Gasteiger partial charge >= 0.3 is 0 Å². The summed E-state index contributed by atoms with van der Waals surface area (Å²) in [5, 5.41) is -0.270. The van der Waals surface area contributed by atoms with Gasteiger partial charge in [0, 0.05) is 11.1 Å². The fourth-order valence-corrected chi connectivity index (χ4v) is 2.02. The van der Waals surface area contributed by atoms with Crippen LogP contribution in [0.15, 0.2) is 36.4 Å². The molecule has 0 fully saturated rings. The largest absolute Gasteiger partial charge is 0.496 e. The molecule has 0 aliphatic rings. The number of benzene rings is 2. The molecule has 2 aromatic rings. The van der Waals surface area contributed by atoms with E-state index in [2.05, 4.69) is 0 Å². The zero-order valence-electron chi connectivity index (χ0n) is 10.2. The van der Waals surface area contributed by atoms with E-state index in [-0.39, 0.29) is 10.6 Å². The number of halogens is 3. The minimum Gasteiger partial charge on any atom is -0.496 e. The Kier molecular flexibility index (Phi) is 4.02. The first-order valence-electron chi connectivity index (χ1n) is 5.57. The van der Waals surface area contributed by atoms with E-state index in [0.29, 0.717) is 11.3 Å². The van der Waals surface area contributed by atoms with Crippen molar-refractivity contribution in [2.45, 2.75) is 6.04 Å². The first-order chi connectivity index (χ1) is 9.04. The highest BCUT2D eigenvalue weighted by Gasteiger charge is 2.19. The van der Waals surface area contributed by atoms with Crippen LogP contribution in [0.3, 0.4) is 0 Å². The molecule has 5 heteroatoms. The standard InChI is InChI=1S/C14H12ClF2NO/c1-19-13-5-3-2-4-8(13)14(18)9-6-12(17)10(15)7-11(9)16/h2-7,14H,18H2,1H3. The summed E-state index contributed by atoms with van der Waals surface area (Å²) in [6.07, 6.45) is 0. The molecule has 0 spiro atoms. The van der Waals surface area contributed by atoms with Gasteiger partial charge in [0.25, 0.3) is 0 Å². The number of nitrogens with two attached hydrogens (primary N) is 1. The first kappa shape index (κ1) is 13.8. The van der Waals surface area contributed by atoms with Crippen LogP contribution < -0.4 is 10.5 Å². The Morgan fingerprint density at radius 3 is 2.47 bits per heavy atom.